The maximum atomic E-state index is 12.2. The van der Waals surface area contributed by atoms with Crippen molar-refractivity contribution in [1.29, 1.82) is 0 Å². The van der Waals surface area contributed by atoms with Gasteiger partial charge in [0, 0.05) is 30.1 Å². The molecule has 0 saturated heterocycles. The number of carbonyl (C=O) groups is 1. The number of carbonyl (C=O) groups excluding carboxylic acids is 1. The second-order valence-corrected chi connectivity index (χ2v) is 7.63. The van der Waals surface area contributed by atoms with Crippen molar-refractivity contribution in [2.24, 2.45) is 0 Å². The summed E-state index contributed by atoms with van der Waals surface area (Å²) in [6.45, 7) is 0.300. The molecule has 6 nitrogen and oxygen atoms in total. The van der Waals surface area contributed by atoms with Crippen molar-refractivity contribution in [2.75, 3.05) is 6.26 Å². The van der Waals surface area contributed by atoms with Gasteiger partial charge in [-0.3, -0.25) is 4.79 Å². The molecule has 0 atom stereocenters. The van der Waals surface area contributed by atoms with Gasteiger partial charge in [-0.05, 0) is 30.3 Å². The average Bonchev–Trinajstić information content (AvgIpc) is 3.09. The van der Waals surface area contributed by atoms with Crippen LogP contribution in [0.25, 0.3) is 5.69 Å². The number of para-hydroxylation sites is 1. The van der Waals surface area contributed by atoms with E-state index in [-0.39, 0.29) is 10.8 Å². The number of hydrogen-bond donors (Lipinski definition) is 1. The minimum absolute atomic E-state index is 0.122. The lowest BCUT2D eigenvalue weighted by Gasteiger charge is -2.05. The predicted octanol–water partition coefficient (Wildman–Crippen LogP) is 2.21. The Hall–Kier alpha value is -2.93. The second-order valence-electron chi connectivity index (χ2n) is 5.61. The third-order valence-electron chi connectivity index (χ3n) is 3.63. The number of hydrogen-bond acceptors (Lipinski definition) is 4. The minimum atomic E-state index is -3.35. The number of amides is 1. The molecule has 0 spiro atoms. The van der Waals surface area contributed by atoms with Gasteiger partial charge in [0.1, 0.15) is 0 Å². The van der Waals surface area contributed by atoms with Crippen molar-refractivity contribution in [2.45, 2.75) is 11.4 Å². The van der Waals surface area contributed by atoms with E-state index in [1.807, 2.05) is 36.5 Å². The third-order valence-corrected chi connectivity index (χ3v) is 4.74. The van der Waals surface area contributed by atoms with Crippen LogP contribution < -0.4 is 5.32 Å². The highest BCUT2D eigenvalue weighted by molar-refractivity contribution is 7.90. The zero-order chi connectivity index (χ0) is 17.9. The van der Waals surface area contributed by atoms with E-state index in [0.717, 1.165) is 17.5 Å². The van der Waals surface area contributed by atoms with E-state index in [9.17, 15) is 13.2 Å². The molecule has 0 saturated carbocycles. The first-order valence-corrected chi connectivity index (χ1v) is 9.50. The molecule has 7 heteroatoms. The zero-order valence-electron chi connectivity index (χ0n) is 13.6. The fourth-order valence-corrected chi connectivity index (χ4v) is 2.99. The number of sulfone groups is 1. The molecule has 2 aromatic carbocycles. The van der Waals surface area contributed by atoms with E-state index in [2.05, 4.69) is 10.4 Å². The smallest absolute Gasteiger partial charge is 0.251 e. The molecule has 128 valence electrons. The van der Waals surface area contributed by atoms with Crippen LogP contribution in [0.5, 0.6) is 0 Å². The summed E-state index contributed by atoms with van der Waals surface area (Å²) in [6, 6.07) is 15.6. The van der Waals surface area contributed by atoms with Crippen LogP contribution in [0, 0.1) is 0 Å². The van der Waals surface area contributed by atoms with Crippen LogP contribution in [0.4, 0.5) is 0 Å². The van der Waals surface area contributed by atoms with Gasteiger partial charge >= 0.3 is 0 Å². The van der Waals surface area contributed by atoms with Gasteiger partial charge < -0.3 is 5.32 Å². The Balaban J connectivity index is 1.68. The molecule has 3 aromatic rings. The van der Waals surface area contributed by atoms with Crippen LogP contribution in [0.3, 0.4) is 0 Å². The Bertz CT molecular complexity index is 995. The first-order valence-electron chi connectivity index (χ1n) is 7.61. The van der Waals surface area contributed by atoms with E-state index < -0.39 is 9.84 Å². The largest absolute Gasteiger partial charge is 0.348 e. The quantitative estimate of drug-likeness (QED) is 0.761. The number of rotatable bonds is 5. The van der Waals surface area contributed by atoms with Gasteiger partial charge in [-0.15, -0.1) is 0 Å². The molecule has 1 heterocycles. The lowest BCUT2D eigenvalue weighted by molar-refractivity contribution is 0.0950. The zero-order valence-corrected chi connectivity index (χ0v) is 14.4. The monoisotopic (exact) mass is 355 g/mol. The molecule has 0 radical (unpaired) electrons. The standard InChI is InChI=1S/C18H17N3O3S/c1-25(23,24)17-9-5-6-15(10-17)18(22)19-11-14-12-20-21(13-14)16-7-3-2-4-8-16/h2-10,12-13H,11H2,1H3,(H,19,22). The van der Waals surface area contributed by atoms with Gasteiger partial charge in [0.25, 0.3) is 5.91 Å². The van der Waals surface area contributed by atoms with Crippen LogP contribution in [-0.2, 0) is 16.4 Å². The van der Waals surface area contributed by atoms with E-state index in [1.165, 1.54) is 12.1 Å². The maximum absolute atomic E-state index is 12.2. The van der Waals surface area contributed by atoms with Crippen LogP contribution in [0.15, 0.2) is 71.9 Å². The molecular formula is C18H17N3O3S. The first kappa shape index (κ1) is 16.9. The number of benzene rings is 2. The Labute approximate surface area is 146 Å². The molecule has 25 heavy (non-hydrogen) atoms. The fraction of sp³-hybridized carbons (Fsp3) is 0.111. The van der Waals surface area contributed by atoms with Crippen LogP contribution in [0.1, 0.15) is 15.9 Å². The van der Waals surface area contributed by atoms with E-state index in [1.54, 1.807) is 23.0 Å². The topological polar surface area (TPSA) is 81.1 Å². The van der Waals surface area contributed by atoms with Gasteiger partial charge in [0.05, 0.1) is 16.8 Å². The van der Waals surface area contributed by atoms with E-state index >= 15 is 0 Å². The summed E-state index contributed by atoms with van der Waals surface area (Å²) in [5.41, 5.74) is 2.08. The molecule has 0 fully saturated rings. The van der Waals surface area contributed by atoms with Gasteiger partial charge in [0.2, 0.25) is 0 Å². The molecular weight excluding hydrogens is 338 g/mol. The highest BCUT2D eigenvalue weighted by Crippen LogP contribution is 2.12. The number of nitrogens with zero attached hydrogens (tertiary/aromatic N) is 2. The minimum Gasteiger partial charge on any atom is -0.348 e. The second kappa shape index (κ2) is 6.90. The molecule has 0 unspecified atom stereocenters. The van der Waals surface area contributed by atoms with Crippen molar-refractivity contribution in [3.05, 3.63) is 78.1 Å². The SMILES string of the molecule is CS(=O)(=O)c1cccc(C(=O)NCc2cnn(-c3ccccc3)c2)c1. The van der Waals surface area contributed by atoms with Gasteiger partial charge in [-0.2, -0.15) is 5.10 Å². The summed E-state index contributed by atoms with van der Waals surface area (Å²) >= 11 is 0. The molecule has 1 N–H and O–H groups in total. The summed E-state index contributed by atoms with van der Waals surface area (Å²) in [6.07, 6.45) is 4.63. The lowest BCUT2D eigenvalue weighted by Crippen LogP contribution is -2.22. The van der Waals surface area contributed by atoms with Crippen LogP contribution >= 0.6 is 0 Å². The van der Waals surface area contributed by atoms with Gasteiger partial charge in [0.15, 0.2) is 9.84 Å². The summed E-state index contributed by atoms with van der Waals surface area (Å²) in [5, 5.41) is 7.04. The van der Waals surface area contributed by atoms with Crippen molar-refractivity contribution >= 4 is 15.7 Å². The molecule has 0 aliphatic heterocycles. The number of nitrogens with one attached hydrogen (secondary N) is 1. The van der Waals surface area contributed by atoms with Gasteiger partial charge in [-0.1, -0.05) is 24.3 Å². The van der Waals surface area contributed by atoms with Crippen LogP contribution in [-0.4, -0.2) is 30.4 Å². The van der Waals surface area contributed by atoms with Crippen LogP contribution in [0.2, 0.25) is 0 Å². The Morgan fingerprint density at radius 2 is 1.88 bits per heavy atom. The van der Waals surface area contributed by atoms with Crippen molar-refractivity contribution in [3.8, 4) is 5.69 Å². The first-order chi connectivity index (χ1) is 11.9. The summed E-state index contributed by atoms with van der Waals surface area (Å²) in [5.74, 6) is -0.335. The van der Waals surface area contributed by atoms with E-state index in [4.69, 9.17) is 0 Å². The molecule has 1 aromatic heterocycles. The summed E-state index contributed by atoms with van der Waals surface area (Å²) in [4.78, 5) is 12.4. The molecule has 3 rings (SSSR count). The summed E-state index contributed by atoms with van der Waals surface area (Å²) in [7, 11) is -3.35. The van der Waals surface area contributed by atoms with Gasteiger partial charge in [-0.25, -0.2) is 13.1 Å². The van der Waals surface area contributed by atoms with Crippen molar-refractivity contribution in [1.82, 2.24) is 15.1 Å². The Kier molecular flexibility index (Phi) is 4.67. The highest BCUT2D eigenvalue weighted by Gasteiger charge is 2.11. The molecule has 0 aliphatic carbocycles. The molecule has 0 bridgehead atoms. The third kappa shape index (κ3) is 4.13. The molecule has 1 amide bonds. The normalized spacial score (nSPS) is 11.2. The van der Waals surface area contributed by atoms with E-state index in [0.29, 0.717) is 12.1 Å². The average molecular weight is 355 g/mol. The van der Waals surface area contributed by atoms with Crippen molar-refractivity contribution < 1.29 is 13.2 Å². The Morgan fingerprint density at radius 1 is 1.12 bits per heavy atom. The van der Waals surface area contributed by atoms with Crippen molar-refractivity contribution in [3.63, 3.8) is 0 Å². The predicted molar refractivity (Wildman–Crippen MR) is 94.3 cm³/mol. The highest BCUT2D eigenvalue weighted by atomic mass is 32.2. The Morgan fingerprint density at radius 3 is 2.60 bits per heavy atom. The summed E-state index contributed by atoms with van der Waals surface area (Å²) < 4.78 is 24.9. The molecule has 0 aliphatic rings. The lowest BCUT2D eigenvalue weighted by atomic mass is 10.2. The maximum Gasteiger partial charge on any atom is 0.251 e. The fourth-order valence-electron chi connectivity index (χ4n) is 2.33. The number of aromatic nitrogens is 2.